The zero-order valence-corrected chi connectivity index (χ0v) is 20.3. The van der Waals surface area contributed by atoms with Crippen molar-refractivity contribution in [3.63, 3.8) is 0 Å². The molecule has 0 bridgehead atoms. The number of carbonyl (C=O) groups excluding carboxylic acids is 1. The minimum atomic E-state index is -0.250. The molecule has 35 heavy (non-hydrogen) atoms. The van der Waals surface area contributed by atoms with Crippen molar-refractivity contribution in [2.45, 2.75) is 19.9 Å². The van der Waals surface area contributed by atoms with Crippen molar-refractivity contribution in [3.05, 3.63) is 88.7 Å². The van der Waals surface area contributed by atoms with Crippen LogP contribution in [0.4, 0.5) is 16.2 Å². The van der Waals surface area contributed by atoms with Gasteiger partial charge in [0.25, 0.3) is 0 Å². The molecule has 1 atom stereocenters. The highest BCUT2D eigenvalue weighted by atomic mass is 35.5. The number of urea groups is 1. The van der Waals surface area contributed by atoms with Gasteiger partial charge >= 0.3 is 6.03 Å². The monoisotopic (exact) mass is 487 g/mol. The molecule has 2 aromatic carbocycles. The van der Waals surface area contributed by atoms with Gasteiger partial charge in [0.15, 0.2) is 6.19 Å². The maximum atomic E-state index is 13.3. The van der Waals surface area contributed by atoms with E-state index < -0.39 is 0 Å². The molecule has 0 spiro atoms. The smallest absolute Gasteiger partial charge is 0.322 e. The van der Waals surface area contributed by atoms with Crippen LogP contribution in [0.2, 0.25) is 5.02 Å². The third-order valence-electron chi connectivity index (χ3n) is 5.81. The van der Waals surface area contributed by atoms with Gasteiger partial charge in [0, 0.05) is 36.0 Å². The number of pyridine rings is 1. The lowest BCUT2D eigenvalue weighted by atomic mass is 10.0. The molecule has 1 unspecified atom stereocenters. The maximum absolute atomic E-state index is 13.3. The molecule has 1 saturated heterocycles. The molecule has 1 aromatic heterocycles. The number of anilines is 1. The first-order chi connectivity index (χ1) is 16.9. The van der Waals surface area contributed by atoms with Gasteiger partial charge in [0.05, 0.1) is 17.4 Å². The van der Waals surface area contributed by atoms with Crippen LogP contribution in [0.25, 0.3) is 0 Å². The number of benzene rings is 2. The number of aliphatic imine (C=N–C) groups is 1. The molecule has 1 aliphatic rings. The van der Waals surface area contributed by atoms with Crippen molar-refractivity contribution in [1.82, 2.24) is 20.1 Å². The highest BCUT2D eigenvalue weighted by Crippen LogP contribution is 2.27. The largest absolute Gasteiger partial charge is 0.338 e. The number of aryl methyl sites for hydroxylation is 2. The zero-order chi connectivity index (χ0) is 24.8. The molecule has 1 fully saturated rings. The lowest BCUT2D eigenvalue weighted by molar-refractivity contribution is 0.135. The Hall–Kier alpha value is -4.09. The number of rotatable bonds is 3. The number of halogens is 1. The van der Waals surface area contributed by atoms with Crippen LogP contribution in [-0.2, 0) is 0 Å². The number of piperazine rings is 1. The summed E-state index contributed by atoms with van der Waals surface area (Å²) in [5.41, 5.74) is 4.04. The van der Waals surface area contributed by atoms with Gasteiger partial charge in [-0.3, -0.25) is 10.3 Å². The van der Waals surface area contributed by atoms with Gasteiger partial charge in [0.1, 0.15) is 0 Å². The van der Waals surface area contributed by atoms with Crippen LogP contribution < -0.4 is 10.6 Å². The Morgan fingerprint density at radius 3 is 2.51 bits per heavy atom. The number of hydrogen-bond acceptors (Lipinski definition) is 4. The minimum absolute atomic E-state index is 0.203. The molecule has 0 radical (unpaired) electrons. The second-order valence-electron chi connectivity index (χ2n) is 8.23. The number of nitrogens with one attached hydrogen (secondary N) is 2. The van der Waals surface area contributed by atoms with Crippen LogP contribution in [0.5, 0.6) is 0 Å². The van der Waals surface area contributed by atoms with Gasteiger partial charge in [-0.25, -0.2) is 9.79 Å². The average molecular weight is 488 g/mol. The standard InChI is InChI=1S/C26H26ClN7O/c1-18-8-13-23(19(2)30-18)32-25(29-17-28)33-14-15-34(24(16-33)20-6-4-3-5-7-20)26(35)31-22-11-9-21(27)10-12-22/h3-13,24H,14-16H2,1-2H3,(H,29,32)(H,31,35). The number of carbonyl (C=O) groups is 1. The summed E-state index contributed by atoms with van der Waals surface area (Å²) in [6.07, 6.45) is 2.00. The summed E-state index contributed by atoms with van der Waals surface area (Å²) in [5, 5.41) is 15.7. The minimum Gasteiger partial charge on any atom is -0.338 e. The van der Waals surface area contributed by atoms with E-state index in [2.05, 4.69) is 15.6 Å². The van der Waals surface area contributed by atoms with Crippen molar-refractivity contribution in [2.75, 3.05) is 25.0 Å². The second kappa shape index (κ2) is 10.9. The topological polar surface area (TPSA) is 96.7 Å². The fourth-order valence-corrected chi connectivity index (χ4v) is 4.17. The Morgan fingerprint density at radius 1 is 1.09 bits per heavy atom. The van der Waals surface area contributed by atoms with E-state index in [4.69, 9.17) is 16.6 Å². The molecular weight excluding hydrogens is 462 g/mol. The quantitative estimate of drug-likeness (QED) is 0.234. The van der Waals surface area contributed by atoms with Crippen molar-refractivity contribution < 1.29 is 4.79 Å². The predicted octanol–water partition coefficient (Wildman–Crippen LogP) is 5.00. The Balaban J connectivity index is 1.61. The first kappa shape index (κ1) is 24.0. The van der Waals surface area contributed by atoms with Crippen LogP contribution in [0.1, 0.15) is 23.0 Å². The van der Waals surface area contributed by atoms with Gasteiger partial charge in [-0.15, -0.1) is 0 Å². The molecule has 1 aliphatic heterocycles. The van der Waals surface area contributed by atoms with Gasteiger partial charge in [-0.1, -0.05) is 41.9 Å². The summed E-state index contributed by atoms with van der Waals surface area (Å²) in [4.78, 5) is 26.2. The SMILES string of the molecule is Cc1ccc(N=C(NC#N)N2CCN(C(=O)Nc3ccc(Cl)cc3)C(c3ccccc3)C2)c(C)n1. The van der Waals surface area contributed by atoms with Crippen LogP contribution in [-0.4, -0.2) is 46.4 Å². The van der Waals surface area contributed by atoms with Crippen molar-refractivity contribution in [2.24, 2.45) is 4.99 Å². The molecule has 2 amide bonds. The first-order valence-corrected chi connectivity index (χ1v) is 11.6. The van der Waals surface area contributed by atoms with Crippen molar-refractivity contribution in [1.29, 1.82) is 5.26 Å². The molecule has 8 nitrogen and oxygen atoms in total. The van der Waals surface area contributed by atoms with Crippen molar-refractivity contribution in [3.8, 4) is 6.19 Å². The van der Waals surface area contributed by atoms with E-state index >= 15 is 0 Å². The lowest BCUT2D eigenvalue weighted by Crippen LogP contribution is -2.55. The van der Waals surface area contributed by atoms with Gasteiger partial charge in [-0.05, 0) is 55.8 Å². The van der Waals surface area contributed by atoms with Crippen LogP contribution in [0.3, 0.4) is 0 Å². The Labute approximate surface area is 209 Å². The highest BCUT2D eigenvalue weighted by molar-refractivity contribution is 6.30. The third-order valence-corrected chi connectivity index (χ3v) is 6.06. The number of aromatic nitrogens is 1. The summed E-state index contributed by atoms with van der Waals surface area (Å²) in [5.74, 6) is 0.431. The Bertz CT molecular complexity index is 1250. The predicted molar refractivity (Wildman–Crippen MR) is 137 cm³/mol. The van der Waals surface area contributed by atoms with E-state index in [0.717, 1.165) is 17.0 Å². The first-order valence-electron chi connectivity index (χ1n) is 11.3. The van der Waals surface area contributed by atoms with Crippen molar-refractivity contribution >= 4 is 35.0 Å². The van der Waals surface area contributed by atoms with Crippen LogP contribution in [0.15, 0.2) is 71.7 Å². The number of nitriles is 1. The number of nitrogens with zero attached hydrogens (tertiary/aromatic N) is 5. The molecule has 3 aromatic rings. The van der Waals surface area contributed by atoms with Crippen LogP contribution >= 0.6 is 11.6 Å². The summed E-state index contributed by atoms with van der Waals surface area (Å²) < 4.78 is 0. The number of amides is 2. The van der Waals surface area contributed by atoms with Gasteiger partial charge < -0.3 is 15.1 Å². The molecule has 2 N–H and O–H groups in total. The Morgan fingerprint density at radius 2 is 1.83 bits per heavy atom. The zero-order valence-electron chi connectivity index (χ0n) is 19.6. The van der Waals surface area contributed by atoms with Gasteiger partial charge in [-0.2, -0.15) is 5.26 Å². The van der Waals surface area contributed by atoms with E-state index in [-0.39, 0.29) is 12.1 Å². The summed E-state index contributed by atoms with van der Waals surface area (Å²) in [6, 6.07) is 20.2. The average Bonchev–Trinajstić information content (AvgIpc) is 2.87. The second-order valence-corrected chi connectivity index (χ2v) is 8.67. The normalized spacial score (nSPS) is 15.9. The molecule has 9 heteroatoms. The molecular formula is C26H26ClN7O. The van der Waals surface area contributed by atoms with Crippen LogP contribution in [0, 0.1) is 25.3 Å². The maximum Gasteiger partial charge on any atom is 0.322 e. The summed E-state index contributed by atoms with van der Waals surface area (Å²) in [7, 11) is 0. The number of hydrogen-bond donors (Lipinski definition) is 2. The van der Waals surface area contributed by atoms with E-state index in [1.165, 1.54) is 0 Å². The molecule has 0 aliphatic carbocycles. The summed E-state index contributed by atoms with van der Waals surface area (Å²) in [6.45, 7) is 5.22. The molecule has 2 heterocycles. The molecule has 4 rings (SSSR count). The van der Waals surface area contributed by atoms with E-state index in [1.807, 2.05) is 72.3 Å². The van der Waals surface area contributed by atoms with E-state index in [0.29, 0.717) is 42.0 Å². The fraction of sp³-hybridized carbons (Fsp3) is 0.231. The van der Waals surface area contributed by atoms with Gasteiger partial charge in [0.2, 0.25) is 5.96 Å². The molecule has 0 saturated carbocycles. The highest BCUT2D eigenvalue weighted by Gasteiger charge is 2.33. The Kier molecular flexibility index (Phi) is 7.48. The molecule has 178 valence electrons. The van der Waals surface area contributed by atoms with E-state index in [9.17, 15) is 10.1 Å². The fourth-order valence-electron chi connectivity index (χ4n) is 4.05. The number of guanidine groups is 1. The van der Waals surface area contributed by atoms with E-state index in [1.54, 1.807) is 24.3 Å². The third kappa shape index (κ3) is 5.89. The summed E-state index contributed by atoms with van der Waals surface area (Å²) >= 11 is 5.97. The lowest BCUT2D eigenvalue weighted by Gasteiger charge is -2.42.